The van der Waals surface area contributed by atoms with E-state index in [0.717, 1.165) is 0 Å². The van der Waals surface area contributed by atoms with Crippen molar-refractivity contribution in [3.05, 3.63) is 0 Å². The van der Waals surface area contributed by atoms with Crippen molar-refractivity contribution in [3.63, 3.8) is 0 Å². The Morgan fingerprint density at radius 2 is 1.88 bits per heavy atom. The van der Waals surface area contributed by atoms with Gasteiger partial charge in [-0.3, -0.25) is 9.59 Å². The molecule has 0 aromatic rings. The van der Waals surface area contributed by atoms with Crippen LogP contribution >= 0.6 is 0 Å². The molecule has 3 N–H and O–H groups in total. The lowest BCUT2D eigenvalue weighted by Crippen LogP contribution is -2.28. The van der Waals surface area contributed by atoms with Gasteiger partial charge in [-0.15, -0.1) is 0 Å². The van der Waals surface area contributed by atoms with Gasteiger partial charge < -0.3 is 15.6 Å². The SMILES string of the molecule is CC(CN)C[C@@H](CC(=O)OC(C)(C)C)C(=O)O. The summed E-state index contributed by atoms with van der Waals surface area (Å²) in [6.45, 7) is 7.54. The molecule has 1 unspecified atom stereocenters. The third-order valence-electron chi connectivity index (χ3n) is 2.27. The summed E-state index contributed by atoms with van der Waals surface area (Å²) >= 11 is 0. The Labute approximate surface area is 102 Å². The van der Waals surface area contributed by atoms with Crippen LogP contribution in [0.25, 0.3) is 0 Å². The molecule has 0 fully saturated rings. The fourth-order valence-corrected chi connectivity index (χ4v) is 1.44. The molecular weight excluding hydrogens is 222 g/mol. The summed E-state index contributed by atoms with van der Waals surface area (Å²) in [5.41, 5.74) is 4.86. The second kappa shape index (κ2) is 6.59. The summed E-state index contributed by atoms with van der Waals surface area (Å²) < 4.78 is 5.10. The van der Waals surface area contributed by atoms with Gasteiger partial charge >= 0.3 is 11.9 Å². The first-order valence-electron chi connectivity index (χ1n) is 5.80. The number of carboxylic acid groups (broad SMARTS) is 1. The van der Waals surface area contributed by atoms with Crippen LogP contribution in [0.1, 0.15) is 40.5 Å². The molecule has 0 aliphatic rings. The fraction of sp³-hybridized carbons (Fsp3) is 0.833. The van der Waals surface area contributed by atoms with Crippen LogP contribution in [0.2, 0.25) is 0 Å². The second-order valence-electron chi connectivity index (χ2n) is 5.40. The molecule has 0 amide bonds. The Morgan fingerprint density at radius 3 is 2.24 bits per heavy atom. The molecule has 17 heavy (non-hydrogen) atoms. The molecule has 100 valence electrons. The molecule has 0 aliphatic carbocycles. The molecule has 0 saturated heterocycles. The molecule has 0 radical (unpaired) electrons. The van der Waals surface area contributed by atoms with Gasteiger partial charge in [-0.25, -0.2) is 0 Å². The maximum atomic E-state index is 11.5. The van der Waals surface area contributed by atoms with Crippen molar-refractivity contribution in [1.29, 1.82) is 0 Å². The van der Waals surface area contributed by atoms with Crippen molar-refractivity contribution in [3.8, 4) is 0 Å². The topological polar surface area (TPSA) is 89.6 Å². The number of carbonyl (C=O) groups is 2. The lowest BCUT2D eigenvalue weighted by molar-refractivity contribution is -0.160. The minimum absolute atomic E-state index is 0.0820. The molecule has 5 nitrogen and oxygen atoms in total. The van der Waals surface area contributed by atoms with Gasteiger partial charge in [-0.05, 0) is 39.7 Å². The van der Waals surface area contributed by atoms with Gasteiger partial charge in [0, 0.05) is 0 Å². The van der Waals surface area contributed by atoms with Crippen LogP contribution in [0, 0.1) is 11.8 Å². The number of carbonyl (C=O) groups excluding carboxylic acids is 1. The highest BCUT2D eigenvalue weighted by atomic mass is 16.6. The standard InChI is InChI=1S/C12H23NO4/c1-8(7-13)5-9(11(15)16)6-10(14)17-12(2,3)4/h8-9H,5-7,13H2,1-4H3,(H,15,16)/t8?,9-/m0/s1. The zero-order valence-corrected chi connectivity index (χ0v) is 11.0. The predicted octanol–water partition coefficient (Wildman–Crippen LogP) is 1.40. The molecule has 0 aliphatic heterocycles. The summed E-state index contributed by atoms with van der Waals surface area (Å²) in [7, 11) is 0. The van der Waals surface area contributed by atoms with Gasteiger partial charge in [0.25, 0.3) is 0 Å². The number of esters is 1. The smallest absolute Gasteiger partial charge is 0.307 e. The van der Waals surface area contributed by atoms with Crippen molar-refractivity contribution in [2.75, 3.05) is 6.54 Å². The van der Waals surface area contributed by atoms with Gasteiger partial charge in [0.15, 0.2) is 0 Å². The number of carboxylic acids is 1. The van der Waals surface area contributed by atoms with Crippen molar-refractivity contribution in [1.82, 2.24) is 0 Å². The van der Waals surface area contributed by atoms with Gasteiger partial charge in [-0.1, -0.05) is 6.92 Å². The fourth-order valence-electron chi connectivity index (χ4n) is 1.44. The van der Waals surface area contributed by atoms with Crippen LogP contribution in [-0.4, -0.2) is 29.2 Å². The van der Waals surface area contributed by atoms with E-state index in [1.807, 2.05) is 6.92 Å². The normalized spacial score (nSPS) is 15.1. The van der Waals surface area contributed by atoms with E-state index in [9.17, 15) is 9.59 Å². The molecule has 2 atom stereocenters. The maximum Gasteiger partial charge on any atom is 0.307 e. The molecule has 0 rings (SSSR count). The van der Waals surface area contributed by atoms with Crippen LogP contribution in [-0.2, 0) is 14.3 Å². The van der Waals surface area contributed by atoms with E-state index in [0.29, 0.717) is 13.0 Å². The van der Waals surface area contributed by atoms with Crippen LogP contribution in [0.3, 0.4) is 0 Å². The zero-order chi connectivity index (χ0) is 13.6. The number of ether oxygens (including phenoxy) is 1. The molecule has 0 aromatic carbocycles. The van der Waals surface area contributed by atoms with E-state index >= 15 is 0 Å². The van der Waals surface area contributed by atoms with Gasteiger partial charge in [0.05, 0.1) is 12.3 Å². The number of hydrogen-bond donors (Lipinski definition) is 2. The van der Waals surface area contributed by atoms with E-state index in [1.165, 1.54) is 0 Å². The minimum Gasteiger partial charge on any atom is -0.481 e. The van der Waals surface area contributed by atoms with Crippen molar-refractivity contribution in [2.45, 2.75) is 46.1 Å². The quantitative estimate of drug-likeness (QED) is 0.690. The predicted molar refractivity (Wildman–Crippen MR) is 64.4 cm³/mol. The first-order valence-corrected chi connectivity index (χ1v) is 5.80. The van der Waals surface area contributed by atoms with E-state index in [-0.39, 0.29) is 12.3 Å². The second-order valence-corrected chi connectivity index (χ2v) is 5.40. The van der Waals surface area contributed by atoms with E-state index < -0.39 is 23.5 Å². The molecule has 0 heterocycles. The van der Waals surface area contributed by atoms with Crippen molar-refractivity contribution >= 4 is 11.9 Å². The first kappa shape index (κ1) is 15.9. The summed E-state index contributed by atoms with van der Waals surface area (Å²) in [5, 5.41) is 9.02. The van der Waals surface area contributed by atoms with E-state index in [2.05, 4.69) is 0 Å². The Hall–Kier alpha value is -1.10. The van der Waals surface area contributed by atoms with Crippen LogP contribution in [0.15, 0.2) is 0 Å². The number of aliphatic carboxylic acids is 1. The largest absolute Gasteiger partial charge is 0.481 e. The summed E-state index contributed by atoms with van der Waals surface area (Å²) in [4.78, 5) is 22.5. The van der Waals surface area contributed by atoms with Crippen LogP contribution < -0.4 is 5.73 Å². The first-order chi connectivity index (χ1) is 7.65. The van der Waals surface area contributed by atoms with Crippen molar-refractivity contribution < 1.29 is 19.4 Å². The highest BCUT2D eigenvalue weighted by Gasteiger charge is 2.26. The summed E-state index contributed by atoms with van der Waals surface area (Å²) in [5.74, 6) is -2.09. The maximum absolute atomic E-state index is 11.5. The zero-order valence-electron chi connectivity index (χ0n) is 11.0. The Kier molecular flexibility index (Phi) is 6.16. The Bertz CT molecular complexity index is 270. The average molecular weight is 245 g/mol. The Balaban J connectivity index is 4.35. The van der Waals surface area contributed by atoms with Crippen LogP contribution in [0.5, 0.6) is 0 Å². The van der Waals surface area contributed by atoms with E-state index in [1.54, 1.807) is 20.8 Å². The average Bonchev–Trinajstić information content (AvgIpc) is 2.13. The lowest BCUT2D eigenvalue weighted by atomic mass is 9.93. The monoisotopic (exact) mass is 245 g/mol. The third kappa shape index (κ3) is 7.74. The minimum atomic E-state index is -0.976. The molecule has 0 bridgehead atoms. The summed E-state index contributed by atoms with van der Waals surface area (Å²) in [6, 6.07) is 0. The highest BCUT2D eigenvalue weighted by Crippen LogP contribution is 2.18. The van der Waals surface area contributed by atoms with Gasteiger partial charge in [0.1, 0.15) is 5.60 Å². The van der Waals surface area contributed by atoms with E-state index in [4.69, 9.17) is 15.6 Å². The highest BCUT2D eigenvalue weighted by molar-refractivity contribution is 5.78. The molecule has 5 heteroatoms. The molecular formula is C12H23NO4. The number of hydrogen-bond acceptors (Lipinski definition) is 4. The molecule has 0 aromatic heterocycles. The molecule has 0 saturated carbocycles. The van der Waals surface area contributed by atoms with Gasteiger partial charge in [0.2, 0.25) is 0 Å². The third-order valence-corrected chi connectivity index (χ3v) is 2.27. The summed E-state index contributed by atoms with van der Waals surface area (Å²) in [6.07, 6.45) is 0.294. The number of rotatable bonds is 6. The van der Waals surface area contributed by atoms with Gasteiger partial charge in [-0.2, -0.15) is 0 Å². The Morgan fingerprint density at radius 1 is 1.35 bits per heavy atom. The van der Waals surface area contributed by atoms with Crippen molar-refractivity contribution in [2.24, 2.45) is 17.6 Å². The van der Waals surface area contributed by atoms with Crippen LogP contribution in [0.4, 0.5) is 0 Å². The number of nitrogens with two attached hydrogens (primary N) is 1. The molecule has 0 spiro atoms. The lowest BCUT2D eigenvalue weighted by Gasteiger charge is -2.21.